The highest BCUT2D eigenvalue weighted by atomic mass is 31.2. The third kappa shape index (κ3) is 52.8. The first-order valence-corrected chi connectivity index (χ1v) is 29.4. The van der Waals surface area contributed by atoms with E-state index in [1.54, 1.807) is 0 Å². The first-order chi connectivity index (χ1) is 33.3. The maximum Gasteiger partial charge on any atom is 0.472 e. The molecule has 394 valence electrons. The topological polar surface area (TPSA) is 134 Å². The van der Waals surface area contributed by atoms with Crippen molar-refractivity contribution in [2.24, 2.45) is 5.73 Å². The summed E-state index contributed by atoms with van der Waals surface area (Å²) in [6.45, 7) is 3.65. The van der Waals surface area contributed by atoms with E-state index in [4.69, 9.17) is 24.3 Å². The standard InChI is InChI=1S/C58H104NO8P/c1-3-5-7-9-11-13-15-17-19-20-21-22-23-24-25-26-27-28-29-30-31-32-33-34-35-36-37-39-41-43-45-47-49-51-58(61)67-56(55-66-68(62,63)65-53-52-59)54-64-57(60)50-48-46-44-42-40-38-18-16-14-12-10-8-6-4-2/h5,7,11,13,17,19,21-22,24-25,27-28,56H,3-4,6,8-10,12,14-16,18,20,23,26,29-55,59H2,1-2H3,(H,62,63)/b7-5-,13-11-,19-17-,22-21-,25-24-,28-27-. The molecule has 0 rings (SSSR count). The first-order valence-electron chi connectivity index (χ1n) is 27.9. The van der Waals surface area contributed by atoms with E-state index in [1.807, 2.05) is 0 Å². The van der Waals surface area contributed by atoms with Gasteiger partial charge in [-0.3, -0.25) is 18.6 Å². The summed E-state index contributed by atoms with van der Waals surface area (Å²) in [5.74, 6) is -0.821. The zero-order chi connectivity index (χ0) is 49.5. The normalized spacial score (nSPS) is 13.6. The van der Waals surface area contributed by atoms with Gasteiger partial charge in [0.05, 0.1) is 13.2 Å². The minimum atomic E-state index is -4.38. The van der Waals surface area contributed by atoms with Gasteiger partial charge in [0.25, 0.3) is 0 Å². The number of carbonyl (C=O) groups is 2. The smallest absolute Gasteiger partial charge is 0.462 e. The Bertz CT molecular complexity index is 1340. The van der Waals surface area contributed by atoms with E-state index in [0.29, 0.717) is 6.42 Å². The van der Waals surface area contributed by atoms with Gasteiger partial charge in [-0.15, -0.1) is 0 Å². The minimum absolute atomic E-state index is 0.0529. The summed E-state index contributed by atoms with van der Waals surface area (Å²) in [6.07, 6.45) is 68.1. The Hall–Kier alpha value is -2.55. The summed E-state index contributed by atoms with van der Waals surface area (Å²) in [4.78, 5) is 35.1. The van der Waals surface area contributed by atoms with Crippen LogP contribution in [0.2, 0.25) is 0 Å². The van der Waals surface area contributed by atoms with Crippen molar-refractivity contribution in [3.8, 4) is 0 Å². The Labute approximate surface area is 418 Å². The quantitative estimate of drug-likeness (QED) is 0.0264. The number of esters is 2. The lowest BCUT2D eigenvalue weighted by atomic mass is 10.0. The largest absolute Gasteiger partial charge is 0.472 e. The van der Waals surface area contributed by atoms with Crippen molar-refractivity contribution in [2.75, 3.05) is 26.4 Å². The third-order valence-electron chi connectivity index (χ3n) is 11.9. The number of carbonyl (C=O) groups excluding carboxylic acids is 2. The second kappa shape index (κ2) is 53.8. The Balaban J connectivity index is 3.92. The van der Waals surface area contributed by atoms with E-state index in [9.17, 15) is 19.0 Å². The van der Waals surface area contributed by atoms with Gasteiger partial charge < -0.3 is 20.1 Å². The van der Waals surface area contributed by atoms with Crippen molar-refractivity contribution >= 4 is 19.8 Å². The van der Waals surface area contributed by atoms with Crippen LogP contribution in [0.25, 0.3) is 0 Å². The van der Waals surface area contributed by atoms with Gasteiger partial charge in [0, 0.05) is 19.4 Å². The van der Waals surface area contributed by atoms with Gasteiger partial charge in [0.15, 0.2) is 6.10 Å². The molecular weight excluding hydrogens is 870 g/mol. The van der Waals surface area contributed by atoms with Gasteiger partial charge in [0.1, 0.15) is 6.61 Å². The molecule has 9 nitrogen and oxygen atoms in total. The van der Waals surface area contributed by atoms with Gasteiger partial charge in [-0.25, -0.2) is 4.57 Å². The number of hydrogen-bond donors (Lipinski definition) is 2. The molecule has 0 saturated heterocycles. The number of nitrogens with two attached hydrogens (primary N) is 1. The number of ether oxygens (including phenoxy) is 2. The molecule has 68 heavy (non-hydrogen) atoms. The van der Waals surface area contributed by atoms with Crippen LogP contribution in [0.3, 0.4) is 0 Å². The van der Waals surface area contributed by atoms with Crippen LogP contribution >= 0.6 is 7.82 Å². The number of allylic oxidation sites excluding steroid dienone is 12. The molecule has 0 amide bonds. The number of phosphoric ester groups is 1. The average molecular weight is 974 g/mol. The van der Waals surface area contributed by atoms with Gasteiger partial charge in [-0.05, 0) is 64.2 Å². The molecule has 0 aromatic rings. The van der Waals surface area contributed by atoms with Crippen LogP contribution in [-0.2, 0) is 32.7 Å². The van der Waals surface area contributed by atoms with Crippen LogP contribution in [-0.4, -0.2) is 49.3 Å². The van der Waals surface area contributed by atoms with E-state index < -0.39 is 26.5 Å². The molecule has 0 spiro atoms. The summed E-state index contributed by atoms with van der Waals surface area (Å²) in [5, 5.41) is 0. The number of rotatable bonds is 52. The van der Waals surface area contributed by atoms with E-state index >= 15 is 0 Å². The summed E-state index contributed by atoms with van der Waals surface area (Å²) < 4.78 is 33.0. The maximum absolute atomic E-state index is 12.7. The predicted molar refractivity (Wildman–Crippen MR) is 289 cm³/mol. The highest BCUT2D eigenvalue weighted by Crippen LogP contribution is 2.43. The molecule has 0 saturated carbocycles. The molecule has 0 heterocycles. The van der Waals surface area contributed by atoms with E-state index in [-0.39, 0.29) is 38.6 Å². The van der Waals surface area contributed by atoms with Crippen LogP contribution in [0.4, 0.5) is 0 Å². The van der Waals surface area contributed by atoms with Crippen molar-refractivity contribution in [2.45, 2.75) is 258 Å². The SMILES string of the molecule is CC/C=C\C/C=C\C/C=C\C/C=C\C/C=C\C/C=C\CCCCCCCCCCCCCCCCC(=O)OC(COC(=O)CCCCCCCCCCCCCCCC)COP(=O)(O)OCCN. The summed E-state index contributed by atoms with van der Waals surface area (Å²) in [5.41, 5.74) is 5.37. The second-order valence-electron chi connectivity index (χ2n) is 18.4. The molecule has 3 N–H and O–H groups in total. The molecule has 10 heteroatoms. The zero-order valence-corrected chi connectivity index (χ0v) is 44.7. The molecule has 0 aliphatic carbocycles. The van der Waals surface area contributed by atoms with Crippen LogP contribution < -0.4 is 5.73 Å². The molecule has 0 aliphatic heterocycles. The van der Waals surface area contributed by atoms with Crippen molar-refractivity contribution in [1.29, 1.82) is 0 Å². The molecule has 0 fully saturated rings. The number of phosphoric acid groups is 1. The summed E-state index contributed by atoms with van der Waals surface area (Å²) in [6, 6.07) is 0. The highest BCUT2D eigenvalue weighted by Gasteiger charge is 2.26. The zero-order valence-electron chi connectivity index (χ0n) is 43.8. The van der Waals surface area contributed by atoms with Crippen LogP contribution in [0.5, 0.6) is 0 Å². The molecule has 0 radical (unpaired) electrons. The van der Waals surface area contributed by atoms with Crippen molar-refractivity contribution in [3.63, 3.8) is 0 Å². The van der Waals surface area contributed by atoms with Gasteiger partial charge in [0.2, 0.25) is 0 Å². The lowest BCUT2D eigenvalue weighted by Gasteiger charge is -2.19. The molecule has 0 bridgehead atoms. The fourth-order valence-electron chi connectivity index (χ4n) is 7.76. The monoisotopic (exact) mass is 974 g/mol. The van der Waals surface area contributed by atoms with E-state index in [1.165, 1.54) is 141 Å². The van der Waals surface area contributed by atoms with Crippen molar-refractivity contribution in [1.82, 2.24) is 0 Å². The highest BCUT2D eigenvalue weighted by molar-refractivity contribution is 7.47. The molecule has 0 aromatic carbocycles. The Morgan fingerprint density at radius 3 is 1.21 bits per heavy atom. The van der Waals surface area contributed by atoms with Gasteiger partial charge in [-0.1, -0.05) is 247 Å². The van der Waals surface area contributed by atoms with Crippen molar-refractivity contribution in [3.05, 3.63) is 72.9 Å². The molecule has 0 aromatic heterocycles. The number of hydrogen-bond acceptors (Lipinski definition) is 8. The Morgan fingerprint density at radius 1 is 0.456 bits per heavy atom. The van der Waals surface area contributed by atoms with Crippen LogP contribution in [0.1, 0.15) is 251 Å². The van der Waals surface area contributed by atoms with Gasteiger partial charge in [-0.2, -0.15) is 0 Å². The lowest BCUT2D eigenvalue weighted by Crippen LogP contribution is -2.29. The van der Waals surface area contributed by atoms with Crippen LogP contribution in [0, 0.1) is 0 Å². The third-order valence-corrected chi connectivity index (χ3v) is 12.8. The van der Waals surface area contributed by atoms with E-state index in [0.717, 1.165) is 77.0 Å². The molecule has 2 unspecified atom stereocenters. The predicted octanol–water partition coefficient (Wildman–Crippen LogP) is 17.3. The summed E-state index contributed by atoms with van der Waals surface area (Å²) in [7, 11) is -4.38. The average Bonchev–Trinajstić information content (AvgIpc) is 3.33. The lowest BCUT2D eigenvalue weighted by molar-refractivity contribution is -0.161. The molecule has 2 atom stereocenters. The van der Waals surface area contributed by atoms with E-state index in [2.05, 4.69) is 86.8 Å². The summed E-state index contributed by atoms with van der Waals surface area (Å²) >= 11 is 0. The van der Waals surface area contributed by atoms with Crippen LogP contribution in [0.15, 0.2) is 72.9 Å². The molecular formula is C58H104NO8P. The first kappa shape index (κ1) is 65.5. The second-order valence-corrected chi connectivity index (χ2v) is 19.9. The Morgan fingerprint density at radius 2 is 0.809 bits per heavy atom. The minimum Gasteiger partial charge on any atom is -0.462 e. The van der Waals surface area contributed by atoms with Crippen molar-refractivity contribution < 1.29 is 37.6 Å². The fourth-order valence-corrected chi connectivity index (χ4v) is 8.52. The Kier molecular flexibility index (Phi) is 51.8. The molecule has 0 aliphatic rings. The number of unbranched alkanes of at least 4 members (excludes halogenated alkanes) is 27. The van der Waals surface area contributed by atoms with Gasteiger partial charge >= 0.3 is 19.8 Å². The fraction of sp³-hybridized carbons (Fsp3) is 0.759. The maximum atomic E-state index is 12.7.